The second-order valence-electron chi connectivity index (χ2n) is 23.4. The van der Waals surface area contributed by atoms with E-state index in [1.165, 1.54) is 38.5 Å². The lowest BCUT2D eigenvalue weighted by Gasteiger charge is -2.26. The van der Waals surface area contributed by atoms with Crippen LogP contribution in [0.1, 0.15) is 124 Å². The number of phenols is 1. The summed E-state index contributed by atoms with van der Waals surface area (Å²) in [6, 6.07) is 27.9. The maximum atomic E-state index is 9.86. The standard InChI is InChI=1S/C26H28ClN5O3.C21H20ClN5O2.C18H14ClN5O/c1-15(35-23-5-3-4-12-33-23)14-34-18-8-9-20(27)19(13-18)25-31-30-24-16(2)28-22-11-10-21(17-6-7-17)29-26(22)32(24)25;1-11(28)10-29-14-5-6-16(22)15(9-14)20-26-25-19-12(2)23-18-8-7-17(13-3-4-13)24-21(18)27(19)20;1-9-16-22-23-17(12-8-11(25)4-5-13(12)19)24(16)18-15(20-9)7-6-14(21-18)10-2-3-10/h8-11,13,15,17,23H,3-7,12,14H2,1-2H3;5-9,11,13,28H,3-4,10H2,1-2H3;4-8,10,25H,2-3H2,1H3/t15-,23?;11-;/m00./s1. The number of aromatic nitrogens is 15. The summed E-state index contributed by atoms with van der Waals surface area (Å²) in [5.41, 5.74) is 14.1. The third kappa shape index (κ3) is 12.1. The summed E-state index contributed by atoms with van der Waals surface area (Å²) in [5.74, 6) is 4.74. The van der Waals surface area contributed by atoms with Crippen molar-refractivity contribution in [3.05, 3.63) is 140 Å². The van der Waals surface area contributed by atoms with Gasteiger partial charge in [0.25, 0.3) is 0 Å². The van der Waals surface area contributed by atoms with Crippen molar-refractivity contribution in [2.45, 2.75) is 129 Å². The first-order valence-electron chi connectivity index (χ1n) is 30.1. The maximum absolute atomic E-state index is 9.86. The number of rotatable bonds is 14. The van der Waals surface area contributed by atoms with Crippen LogP contribution in [0.3, 0.4) is 0 Å². The molecule has 1 saturated heterocycles. The SMILES string of the molecule is Cc1nc2ccc(C3CC3)nc2n2c(-c3cc(O)ccc3Cl)nnc12.Cc1nc2ccc(C3CC3)nc2n2c(-c3cc(OC[C@H](C)O)ccc3Cl)nnc12.Cc1nc2ccc(C3CC3)nc2n2c(-c3cc(OC[C@H](C)OC4CCCCO4)ccc3Cl)nnc12. The number of pyridine rings is 3. The molecule has 24 heteroatoms. The van der Waals surface area contributed by atoms with Gasteiger partial charge in [-0.2, -0.15) is 0 Å². The molecule has 4 fully saturated rings. The van der Waals surface area contributed by atoms with Crippen LogP contribution in [-0.4, -0.2) is 122 Å². The molecule has 10 heterocycles. The summed E-state index contributed by atoms with van der Waals surface area (Å²) in [6.45, 7) is 10.8. The summed E-state index contributed by atoms with van der Waals surface area (Å²) in [6.07, 6.45) is 9.38. The van der Waals surface area contributed by atoms with Crippen LogP contribution in [0, 0.1) is 20.8 Å². The summed E-state index contributed by atoms with van der Waals surface area (Å²) >= 11 is 19.5. The van der Waals surface area contributed by atoms with Crippen LogP contribution in [-0.2, 0) is 9.47 Å². The first-order valence-corrected chi connectivity index (χ1v) is 31.2. The number of ether oxygens (including phenoxy) is 4. The maximum Gasteiger partial charge on any atom is 0.184 e. The van der Waals surface area contributed by atoms with Crippen molar-refractivity contribution in [2.24, 2.45) is 0 Å². The predicted molar refractivity (Wildman–Crippen MR) is 338 cm³/mol. The molecule has 2 N–H and O–H groups in total. The Bertz CT molecular complexity index is 4690. The fraction of sp³-hybridized carbons (Fsp3) is 0.354. The Balaban J connectivity index is 0.000000119. The number of aryl methyl sites for hydroxylation is 3. The monoisotopic (exact) mass is 1250 g/mol. The van der Waals surface area contributed by atoms with Gasteiger partial charge in [-0.05, 0) is 183 Å². The van der Waals surface area contributed by atoms with E-state index in [0.717, 1.165) is 93.4 Å². The number of phenolic OH excluding ortho intramolecular Hbond substituents is 1. The van der Waals surface area contributed by atoms with E-state index in [4.69, 9.17) is 73.7 Å². The lowest BCUT2D eigenvalue weighted by Crippen LogP contribution is -2.29. The van der Waals surface area contributed by atoms with Gasteiger partial charge < -0.3 is 29.2 Å². The van der Waals surface area contributed by atoms with Gasteiger partial charge in [0.1, 0.15) is 47.0 Å². The molecule has 89 heavy (non-hydrogen) atoms. The largest absolute Gasteiger partial charge is 0.508 e. The number of aromatic hydroxyl groups is 1. The van der Waals surface area contributed by atoms with Crippen LogP contribution in [0.2, 0.25) is 15.1 Å². The predicted octanol–water partition coefficient (Wildman–Crippen LogP) is 13.3. The summed E-state index contributed by atoms with van der Waals surface area (Å²) in [4.78, 5) is 28.6. The molecule has 0 radical (unpaired) electrons. The molecule has 3 saturated carbocycles. The number of halogens is 3. The highest BCUT2D eigenvalue weighted by atomic mass is 35.5. The highest BCUT2D eigenvalue weighted by Crippen LogP contribution is 2.43. The van der Waals surface area contributed by atoms with Gasteiger partial charge in [-0.25, -0.2) is 29.9 Å². The highest BCUT2D eigenvalue weighted by molar-refractivity contribution is 6.34. The Morgan fingerprint density at radius 3 is 1.28 bits per heavy atom. The lowest BCUT2D eigenvalue weighted by molar-refractivity contribution is -0.189. The molecule has 4 aliphatic rings. The average molecular weight is 1260 g/mol. The molecule has 0 bridgehead atoms. The third-order valence-corrected chi connectivity index (χ3v) is 17.1. The van der Waals surface area contributed by atoms with Gasteiger partial charge in [-0.1, -0.05) is 34.8 Å². The number of aliphatic hydroxyl groups is 1. The normalized spacial score (nSPS) is 16.6. The first kappa shape index (κ1) is 58.4. The van der Waals surface area contributed by atoms with Crippen molar-refractivity contribution in [1.82, 2.24) is 73.7 Å². The van der Waals surface area contributed by atoms with Crippen LogP contribution in [0.4, 0.5) is 0 Å². The van der Waals surface area contributed by atoms with Crippen molar-refractivity contribution in [2.75, 3.05) is 19.8 Å². The topological polar surface area (TPSA) is 245 Å². The van der Waals surface area contributed by atoms with Crippen LogP contribution in [0.15, 0.2) is 91.0 Å². The van der Waals surface area contributed by atoms with E-state index >= 15 is 0 Å². The van der Waals surface area contributed by atoms with E-state index < -0.39 is 6.10 Å². The minimum atomic E-state index is -0.564. The van der Waals surface area contributed by atoms with Gasteiger partial charge in [0.15, 0.2) is 57.6 Å². The smallest absolute Gasteiger partial charge is 0.184 e. The van der Waals surface area contributed by atoms with Crippen molar-refractivity contribution < 1.29 is 29.2 Å². The molecule has 0 amide bonds. The number of hydrogen-bond acceptors (Lipinski definition) is 18. The van der Waals surface area contributed by atoms with E-state index in [1.807, 2.05) is 89.4 Å². The minimum Gasteiger partial charge on any atom is -0.508 e. The Labute approximate surface area is 525 Å². The second-order valence-corrected chi connectivity index (χ2v) is 24.6. The number of fused-ring (bicyclic) bond motifs is 9. The number of benzene rings is 3. The lowest BCUT2D eigenvalue weighted by atomic mass is 10.2. The average Bonchev–Trinajstić information content (AvgIpc) is 2.21. The Hall–Kier alpha value is -8.31. The Morgan fingerprint density at radius 1 is 0.483 bits per heavy atom. The van der Waals surface area contributed by atoms with Crippen molar-refractivity contribution in [1.29, 1.82) is 0 Å². The van der Waals surface area contributed by atoms with Crippen molar-refractivity contribution in [3.8, 4) is 51.4 Å². The van der Waals surface area contributed by atoms with E-state index in [1.54, 1.807) is 37.3 Å². The molecule has 0 spiro atoms. The zero-order valence-electron chi connectivity index (χ0n) is 49.5. The van der Waals surface area contributed by atoms with Crippen LogP contribution in [0.25, 0.3) is 84.6 Å². The van der Waals surface area contributed by atoms with E-state index in [2.05, 4.69) is 52.7 Å². The van der Waals surface area contributed by atoms with Gasteiger partial charge in [-0.3, -0.25) is 13.2 Å². The molecular formula is C65H62Cl3N15O6. The molecular weight excluding hydrogens is 1190 g/mol. The van der Waals surface area contributed by atoms with Crippen molar-refractivity contribution >= 4 is 85.2 Å². The Morgan fingerprint density at radius 2 is 0.888 bits per heavy atom. The van der Waals surface area contributed by atoms with Gasteiger partial charge in [-0.15, -0.1) is 30.6 Å². The van der Waals surface area contributed by atoms with Crippen LogP contribution >= 0.6 is 34.8 Å². The highest BCUT2D eigenvalue weighted by Gasteiger charge is 2.30. The van der Waals surface area contributed by atoms with E-state index in [0.29, 0.717) is 102 Å². The van der Waals surface area contributed by atoms with E-state index in [-0.39, 0.29) is 24.8 Å². The third-order valence-electron chi connectivity index (χ3n) is 16.1. The molecule has 1 unspecified atom stereocenters. The van der Waals surface area contributed by atoms with Gasteiger partial charge in [0, 0.05) is 58.1 Å². The zero-order chi connectivity index (χ0) is 61.2. The number of aliphatic hydroxyl groups excluding tert-OH is 1. The molecule has 3 aliphatic carbocycles. The number of hydrogen-bond donors (Lipinski definition) is 2. The molecule has 3 aromatic carbocycles. The van der Waals surface area contributed by atoms with Gasteiger partial charge >= 0.3 is 0 Å². The van der Waals surface area contributed by atoms with Crippen LogP contribution in [0.5, 0.6) is 17.2 Å². The fourth-order valence-electron chi connectivity index (χ4n) is 11.1. The fourth-order valence-corrected chi connectivity index (χ4v) is 11.7. The molecule has 16 rings (SSSR count). The Kier molecular flexibility index (Phi) is 15.9. The second kappa shape index (κ2) is 24.2. The summed E-state index contributed by atoms with van der Waals surface area (Å²) in [5, 5.41) is 47.2. The quantitative estimate of drug-likeness (QED) is 0.103. The van der Waals surface area contributed by atoms with Crippen molar-refractivity contribution in [3.63, 3.8) is 0 Å². The van der Waals surface area contributed by atoms with Gasteiger partial charge in [0.2, 0.25) is 0 Å². The molecule has 12 aromatic rings. The molecule has 9 aromatic heterocycles. The summed E-state index contributed by atoms with van der Waals surface area (Å²) in [7, 11) is 0. The molecule has 3 atom stereocenters. The molecule has 21 nitrogen and oxygen atoms in total. The minimum absolute atomic E-state index is 0.103. The summed E-state index contributed by atoms with van der Waals surface area (Å²) < 4.78 is 29.1. The molecule has 1 aliphatic heterocycles. The molecule has 454 valence electrons. The van der Waals surface area contributed by atoms with Crippen LogP contribution < -0.4 is 9.47 Å². The van der Waals surface area contributed by atoms with E-state index in [9.17, 15) is 10.2 Å². The number of nitrogens with zero attached hydrogens (tertiary/aromatic N) is 15. The zero-order valence-corrected chi connectivity index (χ0v) is 51.7. The van der Waals surface area contributed by atoms with Gasteiger partial charge in [0.05, 0.1) is 44.4 Å². The first-order chi connectivity index (χ1) is 43.2.